The highest BCUT2D eigenvalue weighted by Crippen LogP contribution is 2.48. The van der Waals surface area contributed by atoms with Crippen molar-refractivity contribution in [3.05, 3.63) is 0 Å². The molecule has 3 aliphatic rings. The Labute approximate surface area is 137 Å². The molecule has 0 aromatic rings. The van der Waals surface area contributed by atoms with Crippen LogP contribution in [0.5, 0.6) is 0 Å². The van der Waals surface area contributed by atoms with Gasteiger partial charge in [-0.1, -0.05) is 20.8 Å². The van der Waals surface area contributed by atoms with Crippen molar-refractivity contribution in [1.82, 2.24) is 4.90 Å². The summed E-state index contributed by atoms with van der Waals surface area (Å²) in [6.45, 7) is 11.8. The van der Waals surface area contributed by atoms with Crippen LogP contribution in [-0.4, -0.2) is 73.1 Å². The van der Waals surface area contributed by atoms with Gasteiger partial charge in [-0.3, -0.25) is 4.79 Å². The Morgan fingerprint density at radius 2 is 1.74 bits per heavy atom. The van der Waals surface area contributed by atoms with E-state index < -0.39 is 24.0 Å². The van der Waals surface area contributed by atoms with Crippen LogP contribution in [0.25, 0.3) is 0 Å². The minimum absolute atomic E-state index is 0.187. The summed E-state index contributed by atoms with van der Waals surface area (Å²) in [5.74, 6) is -2.39. The molecule has 0 aromatic carbocycles. The third-order valence-electron chi connectivity index (χ3n) is 4.96. The van der Waals surface area contributed by atoms with Gasteiger partial charge in [0, 0.05) is 14.0 Å². The van der Waals surface area contributed by atoms with Crippen LogP contribution in [0.1, 0.15) is 34.1 Å². The zero-order chi connectivity index (χ0) is 17.2. The number of rotatable bonds is 5. The average Bonchev–Trinajstić information content (AvgIpc) is 3.19. The Morgan fingerprint density at radius 1 is 1.17 bits per heavy atom. The van der Waals surface area contributed by atoms with E-state index in [1.807, 2.05) is 0 Å². The fraction of sp³-hybridized carbons (Fsp3) is 0.938. The quantitative estimate of drug-likeness (QED) is 0.814. The van der Waals surface area contributed by atoms with Crippen LogP contribution in [0, 0.1) is 5.92 Å². The van der Waals surface area contributed by atoms with E-state index in [0.29, 0.717) is 6.42 Å². The Kier molecular flexibility index (Phi) is 6.02. The molecule has 134 valence electrons. The monoisotopic (exact) mass is 331 g/mol. The van der Waals surface area contributed by atoms with Gasteiger partial charge in [0.1, 0.15) is 18.3 Å². The van der Waals surface area contributed by atoms with Gasteiger partial charge in [0.25, 0.3) is 5.97 Å². The van der Waals surface area contributed by atoms with E-state index in [2.05, 4.69) is 25.7 Å². The lowest BCUT2D eigenvalue weighted by Crippen LogP contribution is -2.42. The van der Waals surface area contributed by atoms with Crippen molar-refractivity contribution >= 4 is 5.97 Å². The van der Waals surface area contributed by atoms with Gasteiger partial charge in [0.2, 0.25) is 0 Å². The van der Waals surface area contributed by atoms with Crippen molar-refractivity contribution in [3.8, 4) is 0 Å². The van der Waals surface area contributed by atoms with Gasteiger partial charge in [0.05, 0.1) is 12.0 Å². The van der Waals surface area contributed by atoms with Crippen molar-refractivity contribution in [3.63, 3.8) is 0 Å². The second-order valence-corrected chi connectivity index (χ2v) is 6.17. The molecular weight excluding hydrogens is 302 g/mol. The molecule has 23 heavy (non-hydrogen) atoms. The summed E-state index contributed by atoms with van der Waals surface area (Å²) in [4.78, 5) is 13.4. The van der Waals surface area contributed by atoms with Gasteiger partial charge >= 0.3 is 5.97 Å². The minimum atomic E-state index is -1.07. The number of methoxy groups -OCH3 is 1. The predicted octanol–water partition coefficient (Wildman–Crippen LogP) is 1.31. The molecule has 2 bridgehead atoms. The normalized spacial score (nSPS) is 40.9. The molecule has 1 N–H and O–H groups in total. The lowest BCUT2D eigenvalue weighted by molar-refractivity contribution is -0.329. The summed E-state index contributed by atoms with van der Waals surface area (Å²) < 4.78 is 21.9. The summed E-state index contributed by atoms with van der Waals surface area (Å²) in [6, 6.07) is 0. The molecule has 0 spiro atoms. The van der Waals surface area contributed by atoms with Gasteiger partial charge in [-0.25, -0.2) is 0 Å². The molecule has 0 saturated carbocycles. The highest BCUT2D eigenvalue weighted by atomic mass is 16.9. The molecule has 0 aliphatic carbocycles. The first kappa shape index (κ1) is 18.6. The molecule has 3 fully saturated rings. The summed E-state index contributed by atoms with van der Waals surface area (Å²) in [7, 11) is 1.50. The van der Waals surface area contributed by atoms with Crippen molar-refractivity contribution in [1.29, 1.82) is 0 Å². The van der Waals surface area contributed by atoms with Crippen molar-refractivity contribution in [2.45, 2.75) is 64.5 Å². The third kappa shape index (κ3) is 3.69. The van der Waals surface area contributed by atoms with Crippen LogP contribution < -0.4 is 0 Å². The third-order valence-corrected chi connectivity index (χ3v) is 4.96. The van der Waals surface area contributed by atoms with Gasteiger partial charge < -0.3 is 29.0 Å². The summed E-state index contributed by atoms with van der Waals surface area (Å²) in [5, 5.41) is 9.03. The first-order chi connectivity index (χ1) is 10.9. The second kappa shape index (κ2) is 7.44. The van der Waals surface area contributed by atoms with Gasteiger partial charge in [-0.15, -0.1) is 0 Å². The number of carbonyl (C=O) groups is 1. The number of carboxylic acid groups (broad SMARTS) is 1. The topological polar surface area (TPSA) is 77.5 Å². The molecule has 3 saturated heterocycles. The molecule has 6 atom stereocenters. The van der Waals surface area contributed by atoms with Crippen molar-refractivity contribution < 1.29 is 28.8 Å². The van der Waals surface area contributed by atoms with Crippen LogP contribution in [0.3, 0.4) is 0 Å². The second-order valence-electron chi connectivity index (χ2n) is 6.17. The molecule has 0 amide bonds. The Hall–Kier alpha value is -0.730. The average molecular weight is 331 g/mol. The van der Waals surface area contributed by atoms with Gasteiger partial charge in [-0.05, 0) is 26.1 Å². The maximum absolute atomic E-state index is 11.0. The molecule has 0 radical (unpaired) electrons. The van der Waals surface area contributed by atoms with Crippen LogP contribution in [0.15, 0.2) is 0 Å². The molecular formula is C16H29NO6. The van der Waals surface area contributed by atoms with E-state index in [1.165, 1.54) is 26.7 Å². The predicted molar refractivity (Wildman–Crippen MR) is 83.0 cm³/mol. The smallest absolute Gasteiger partial charge is 0.309 e. The fourth-order valence-electron chi connectivity index (χ4n) is 3.46. The highest BCUT2D eigenvalue weighted by molar-refractivity contribution is 5.71. The number of carboxylic acids is 1. The van der Waals surface area contributed by atoms with Gasteiger partial charge in [0.15, 0.2) is 0 Å². The first-order valence-electron chi connectivity index (χ1n) is 8.40. The maximum atomic E-state index is 11.0. The standard InChI is InChI=1S/C10H14O6.C6H15N/c1-10(13-2)15-7-5-3-4(9(11)12)6(14-5)8(7)16-10;1-4-7(5-2)6-3/h4-8H,3H2,1-2H3,(H,11,12);4-6H2,1-3H3. The minimum Gasteiger partial charge on any atom is -0.481 e. The number of nitrogens with zero attached hydrogens (tertiary/aromatic N) is 1. The van der Waals surface area contributed by atoms with E-state index in [1.54, 1.807) is 6.92 Å². The molecule has 7 heteroatoms. The Balaban J connectivity index is 0.000000236. The summed E-state index contributed by atoms with van der Waals surface area (Å²) in [6.07, 6.45) is -0.641. The fourth-order valence-corrected chi connectivity index (χ4v) is 3.46. The van der Waals surface area contributed by atoms with E-state index in [-0.39, 0.29) is 18.3 Å². The van der Waals surface area contributed by atoms with E-state index in [0.717, 1.165) is 0 Å². The largest absolute Gasteiger partial charge is 0.481 e. The summed E-state index contributed by atoms with van der Waals surface area (Å²) in [5.41, 5.74) is 0. The molecule has 3 aliphatic heterocycles. The molecule has 6 unspecified atom stereocenters. The Bertz CT molecular complexity index is 410. The number of fused-ring (bicyclic) bond motifs is 5. The summed E-state index contributed by atoms with van der Waals surface area (Å²) >= 11 is 0. The van der Waals surface area contributed by atoms with Gasteiger partial charge in [-0.2, -0.15) is 0 Å². The van der Waals surface area contributed by atoms with E-state index in [9.17, 15) is 4.79 Å². The van der Waals surface area contributed by atoms with Crippen molar-refractivity contribution in [2.24, 2.45) is 5.92 Å². The van der Waals surface area contributed by atoms with Crippen LogP contribution in [0.4, 0.5) is 0 Å². The zero-order valence-corrected chi connectivity index (χ0v) is 14.7. The number of hydrogen-bond acceptors (Lipinski definition) is 6. The lowest BCUT2D eigenvalue weighted by atomic mass is 9.85. The van der Waals surface area contributed by atoms with Crippen LogP contribution in [0.2, 0.25) is 0 Å². The van der Waals surface area contributed by atoms with Crippen LogP contribution >= 0.6 is 0 Å². The lowest BCUT2D eigenvalue weighted by Gasteiger charge is -2.23. The highest BCUT2D eigenvalue weighted by Gasteiger charge is 2.64. The number of aliphatic carboxylic acids is 1. The maximum Gasteiger partial charge on any atom is 0.309 e. The molecule has 3 heterocycles. The van der Waals surface area contributed by atoms with E-state index in [4.69, 9.17) is 24.1 Å². The van der Waals surface area contributed by atoms with Crippen molar-refractivity contribution in [2.75, 3.05) is 26.7 Å². The SMILES string of the molecule is CCN(CC)CC.COC1(C)OC2C3CC(C(=O)O)C(O3)C2O1. The number of ether oxygens (including phenoxy) is 4. The molecule has 0 aromatic heterocycles. The Morgan fingerprint density at radius 3 is 2.17 bits per heavy atom. The van der Waals surface area contributed by atoms with E-state index >= 15 is 0 Å². The number of hydrogen-bond donors (Lipinski definition) is 1. The zero-order valence-electron chi connectivity index (χ0n) is 14.7. The molecule has 7 nitrogen and oxygen atoms in total. The first-order valence-corrected chi connectivity index (χ1v) is 8.40. The van der Waals surface area contributed by atoms with Crippen LogP contribution in [-0.2, 0) is 23.7 Å². The molecule has 3 rings (SSSR count).